The van der Waals surface area contributed by atoms with Gasteiger partial charge < -0.3 is 20.9 Å². The molecule has 1 aromatic rings. The highest BCUT2D eigenvalue weighted by atomic mass is 79.9. The van der Waals surface area contributed by atoms with Crippen molar-refractivity contribution in [3.05, 3.63) is 22.9 Å². The van der Waals surface area contributed by atoms with E-state index in [0.29, 0.717) is 4.60 Å². The molecule has 2 atom stereocenters. The Labute approximate surface area is 160 Å². The van der Waals surface area contributed by atoms with Crippen LogP contribution in [0.15, 0.2) is 22.9 Å². The third-order valence-corrected chi connectivity index (χ3v) is 3.78. The summed E-state index contributed by atoms with van der Waals surface area (Å²) in [5.74, 6) is -1.33. The molecule has 0 saturated heterocycles. The molecule has 26 heavy (non-hydrogen) atoms. The molecule has 144 valence electrons. The Balaban J connectivity index is 3.07. The Morgan fingerprint density at radius 3 is 2.35 bits per heavy atom. The lowest BCUT2D eigenvalue weighted by Gasteiger charge is -2.32. The molecule has 10 heteroatoms. The van der Waals surface area contributed by atoms with Gasteiger partial charge in [0.2, 0.25) is 5.91 Å². The molecule has 3 amide bonds. The maximum atomic E-state index is 12.4. The van der Waals surface area contributed by atoms with E-state index in [0.717, 1.165) is 4.90 Å². The fourth-order valence-electron chi connectivity index (χ4n) is 1.84. The van der Waals surface area contributed by atoms with Crippen LogP contribution < -0.4 is 16.2 Å². The monoisotopic (exact) mass is 430 g/mol. The van der Waals surface area contributed by atoms with Gasteiger partial charge in [0.15, 0.2) is 11.9 Å². The molecule has 2 unspecified atom stereocenters. The van der Waals surface area contributed by atoms with Crippen LogP contribution in [0, 0.1) is 0 Å². The number of aromatic nitrogens is 1. The van der Waals surface area contributed by atoms with Crippen molar-refractivity contribution < 1.29 is 23.9 Å². The molecule has 0 aliphatic carbocycles. The predicted octanol–water partition coefficient (Wildman–Crippen LogP) is 1.19. The number of nitrogens with zero attached hydrogens (tertiary/aromatic N) is 2. The van der Waals surface area contributed by atoms with Crippen molar-refractivity contribution >= 4 is 33.8 Å². The number of hydrogen-bond acceptors (Lipinski definition) is 6. The number of primary amides is 2. The minimum absolute atomic E-state index is 0.257. The van der Waals surface area contributed by atoms with Crippen LogP contribution >= 0.6 is 15.9 Å². The van der Waals surface area contributed by atoms with E-state index in [-0.39, 0.29) is 12.3 Å². The standard InChI is InChI=1S/C16H23BrN4O5/c1-9(13(18)22)21(15(24)26-16(2,3)4)8-11(14(19)23)25-10-6-5-7-20-12(10)17/h5-7,9,11H,8H2,1-4H3,(H2,18,22)(H2,19,23). The van der Waals surface area contributed by atoms with Crippen molar-refractivity contribution in [2.24, 2.45) is 11.5 Å². The summed E-state index contributed by atoms with van der Waals surface area (Å²) < 4.78 is 11.2. The third kappa shape index (κ3) is 6.51. The van der Waals surface area contributed by atoms with Gasteiger partial charge in [0.25, 0.3) is 5.91 Å². The SMILES string of the molecule is CC(C(N)=O)N(CC(Oc1cccnc1Br)C(N)=O)C(=O)OC(C)(C)C. The Morgan fingerprint density at radius 2 is 1.88 bits per heavy atom. The summed E-state index contributed by atoms with van der Waals surface area (Å²) in [4.78, 5) is 40.8. The molecular formula is C16H23BrN4O5. The first kappa shape index (κ1) is 21.7. The van der Waals surface area contributed by atoms with Crippen LogP contribution in [0.2, 0.25) is 0 Å². The molecule has 0 bridgehead atoms. The summed E-state index contributed by atoms with van der Waals surface area (Å²) >= 11 is 3.19. The van der Waals surface area contributed by atoms with Crippen molar-refractivity contribution in [1.29, 1.82) is 0 Å². The molecule has 0 aliphatic rings. The first-order chi connectivity index (χ1) is 11.9. The fraction of sp³-hybridized carbons (Fsp3) is 0.500. The lowest BCUT2D eigenvalue weighted by Crippen LogP contribution is -2.53. The number of rotatable bonds is 7. The minimum Gasteiger partial charge on any atom is -0.476 e. The van der Waals surface area contributed by atoms with E-state index in [1.165, 1.54) is 13.1 Å². The maximum absolute atomic E-state index is 12.4. The smallest absolute Gasteiger partial charge is 0.411 e. The van der Waals surface area contributed by atoms with Gasteiger partial charge in [-0.15, -0.1) is 0 Å². The zero-order valence-electron chi connectivity index (χ0n) is 15.1. The lowest BCUT2D eigenvalue weighted by molar-refractivity contribution is -0.128. The summed E-state index contributed by atoms with van der Waals surface area (Å²) in [5, 5.41) is 0. The van der Waals surface area contributed by atoms with Gasteiger partial charge in [0, 0.05) is 6.20 Å². The second kappa shape index (κ2) is 8.84. The van der Waals surface area contributed by atoms with Gasteiger partial charge >= 0.3 is 6.09 Å². The summed E-state index contributed by atoms with van der Waals surface area (Å²) in [6, 6.07) is 2.14. The molecular weight excluding hydrogens is 408 g/mol. The fourth-order valence-corrected chi connectivity index (χ4v) is 2.19. The molecule has 1 rings (SSSR count). The van der Waals surface area contributed by atoms with Crippen LogP contribution in [0.1, 0.15) is 27.7 Å². The van der Waals surface area contributed by atoms with Crippen molar-refractivity contribution in [3.63, 3.8) is 0 Å². The second-order valence-electron chi connectivity index (χ2n) is 6.51. The number of carbonyl (C=O) groups excluding carboxylic acids is 3. The summed E-state index contributed by atoms with van der Waals surface area (Å²) in [6.45, 7) is 6.12. The van der Waals surface area contributed by atoms with Gasteiger partial charge in [-0.05, 0) is 55.8 Å². The largest absolute Gasteiger partial charge is 0.476 e. The van der Waals surface area contributed by atoms with Crippen LogP contribution in [0.3, 0.4) is 0 Å². The highest BCUT2D eigenvalue weighted by Crippen LogP contribution is 2.23. The zero-order valence-corrected chi connectivity index (χ0v) is 16.6. The van der Waals surface area contributed by atoms with E-state index >= 15 is 0 Å². The predicted molar refractivity (Wildman–Crippen MR) is 97.1 cm³/mol. The number of hydrogen-bond donors (Lipinski definition) is 2. The first-order valence-electron chi connectivity index (χ1n) is 7.77. The van der Waals surface area contributed by atoms with E-state index < -0.39 is 35.7 Å². The summed E-state index contributed by atoms with van der Waals surface area (Å²) in [6.07, 6.45) is -0.535. The Kier molecular flexibility index (Phi) is 7.37. The highest BCUT2D eigenvalue weighted by Gasteiger charge is 2.33. The topological polar surface area (TPSA) is 138 Å². The van der Waals surface area contributed by atoms with Crippen molar-refractivity contribution in [1.82, 2.24) is 9.88 Å². The van der Waals surface area contributed by atoms with Crippen molar-refractivity contribution in [2.75, 3.05) is 6.54 Å². The maximum Gasteiger partial charge on any atom is 0.411 e. The quantitative estimate of drug-likeness (QED) is 0.622. The molecule has 9 nitrogen and oxygen atoms in total. The number of ether oxygens (including phenoxy) is 2. The summed E-state index contributed by atoms with van der Waals surface area (Å²) in [7, 11) is 0. The van der Waals surface area contributed by atoms with E-state index in [2.05, 4.69) is 20.9 Å². The van der Waals surface area contributed by atoms with Crippen LogP contribution in [0.4, 0.5) is 4.79 Å². The average molecular weight is 431 g/mol. The number of halogens is 1. The van der Waals surface area contributed by atoms with Crippen LogP contribution in [-0.4, -0.2) is 52.1 Å². The Bertz CT molecular complexity index is 677. The first-order valence-corrected chi connectivity index (χ1v) is 8.57. The highest BCUT2D eigenvalue weighted by molar-refractivity contribution is 9.10. The Hall–Kier alpha value is -2.36. The van der Waals surface area contributed by atoms with Crippen LogP contribution in [0.25, 0.3) is 0 Å². The molecule has 0 fully saturated rings. The van der Waals surface area contributed by atoms with E-state index in [1.807, 2.05) is 0 Å². The van der Waals surface area contributed by atoms with Gasteiger partial charge in [-0.3, -0.25) is 14.5 Å². The van der Waals surface area contributed by atoms with Crippen molar-refractivity contribution in [2.45, 2.75) is 45.4 Å². The molecule has 4 N–H and O–H groups in total. The molecule has 0 radical (unpaired) electrons. The van der Waals surface area contributed by atoms with E-state index in [9.17, 15) is 14.4 Å². The van der Waals surface area contributed by atoms with Crippen molar-refractivity contribution in [3.8, 4) is 5.75 Å². The normalized spacial score (nSPS) is 13.4. The third-order valence-electron chi connectivity index (χ3n) is 3.18. The minimum atomic E-state index is -1.25. The van der Waals surface area contributed by atoms with Gasteiger partial charge in [0.1, 0.15) is 16.2 Å². The van der Waals surface area contributed by atoms with Crippen LogP contribution in [-0.2, 0) is 14.3 Å². The number of amides is 3. The van der Waals surface area contributed by atoms with Gasteiger partial charge in [0.05, 0.1) is 6.54 Å². The number of pyridine rings is 1. The molecule has 1 aromatic heterocycles. The van der Waals surface area contributed by atoms with Gasteiger partial charge in [-0.2, -0.15) is 0 Å². The molecule has 1 heterocycles. The number of nitrogens with two attached hydrogens (primary N) is 2. The average Bonchev–Trinajstić information content (AvgIpc) is 2.50. The summed E-state index contributed by atoms with van der Waals surface area (Å²) in [5.41, 5.74) is 9.89. The molecule has 0 aromatic carbocycles. The Morgan fingerprint density at radius 1 is 1.27 bits per heavy atom. The zero-order chi connectivity index (χ0) is 20.1. The van der Waals surface area contributed by atoms with E-state index in [1.54, 1.807) is 32.9 Å². The van der Waals surface area contributed by atoms with Crippen LogP contribution in [0.5, 0.6) is 5.75 Å². The second-order valence-corrected chi connectivity index (χ2v) is 7.26. The van der Waals surface area contributed by atoms with Gasteiger partial charge in [-0.1, -0.05) is 0 Å². The lowest BCUT2D eigenvalue weighted by atomic mass is 10.2. The number of carbonyl (C=O) groups is 3. The molecule has 0 spiro atoms. The van der Waals surface area contributed by atoms with Gasteiger partial charge in [-0.25, -0.2) is 9.78 Å². The molecule has 0 saturated carbocycles. The van der Waals surface area contributed by atoms with E-state index in [4.69, 9.17) is 20.9 Å². The molecule has 0 aliphatic heterocycles.